The fourth-order valence-electron chi connectivity index (χ4n) is 2.99. The van der Waals surface area contributed by atoms with Crippen molar-refractivity contribution in [1.82, 2.24) is 25.4 Å². The molecule has 1 heterocycles. The average molecular weight is 549 g/mol. The predicted octanol–water partition coefficient (Wildman–Crippen LogP) is 4.14. The summed E-state index contributed by atoms with van der Waals surface area (Å²) in [6.45, 7) is 9.60. The highest BCUT2D eigenvalue weighted by molar-refractivity contribution is 14.0. The Morgan fingerprint density at radius 2 is 2.03 bits per heavy atom. The molecule has 1 aromatic heterocycles. The summed E-state index contributed by atoms with van der Waals surface area (Å²) in [5.74, 6) is 2.18. The Kier molecular flexibility index (Phi) is 13.0. The highest BCUT2D eigenvalue weighted by Gasteiger charge is 2.12. The van der Waals surface area contributed by atoms with Gasteiger partial charge in [-0.2, -0.15) is 0 Å². The van der Waals surface area contributed by atoms with E-state index in [0.29, 0.717) is 19.0 Å². The van der Waals surface area contributed by atoms with Crippen LogP contribution in [0, 0.1) is 11.7 Å². The molecule has 2 aromatic rings. The van der Waals surface area contributed by atoms with Crippen molar-refractivity contribution in [2.24, 2.45) is 10.9 Å². The minimum absolute atomic E-state index is 0. The van der Waals surface area contributed by atoms with Crippen molar-refractivity contribution in [1.29, 1.82) is 0 Å². The number of aryl methyl sites for hydroxylation is 1. The molecule has 30 heavy (non-hydrogen) atoms. The van der Waals surface area contributed by atoms with E-state index in [1.165, 1.54) is 6.07 Å². The summed E-state index contributed by atoms with van der Waals surface area (Å²) in [7, 11) is 0. The molecule has 6 nitrogen and oxygen atoms in total. The van der Waals surface area contributed by atoms with Gasteiger partial charge in [0.15, 0.2) is 11.1 Å². The molecule has 2 rings (SSSR count). The number of benzene rings is 1. The maximum Gasteiger partial charge on any atom is 0.191 e. The SMILES string of the molecule is CCNC(=NCCCc1nnc(SC)n1CC(C)C)NCCc1cccc(F)c1.I. The van der Waals surface area contributed by atoms with Crippen LogP contribution >= 0.6 is 35.7 Å². The largest absolute Gasteiger partial charge is 0.357 e. The number of hydrogen-bond donors (Lipinski definition) is 2. The Bertz CT molecular complexity index is 781. The van der Waals surface area contributed by atoms with Crippen LogP contribution < -0.4 is 10.6 Å². The fourth-order valence-corrected chi connectivity index (χ4v) is 3.51. The zero-order valence-corrected chi connectivity index (χ0v) is 21.5. The lowest BCUT2D eigenvalue weighted by Crippen LogP contribution is -2.38. The van der Waals surface area contributed by atoms with E-state index in [0.717, 1.165) is 54.9 Å². The highest BCUT2D eigenvalue weighted by atomic mass is 127. The molecule has 0 amide bonds. The van der Waals surface area contributed by atoms with Crippen molar-refractivity contribution in [3.05, 3.63) is 41.5 Å². The molecule has 0 aliphatic rings. The van der Waals surface area contributed by atoms with Crippen molar-refractivity contribution in [3.63, 3.8) is 0 Å². The maximum atomic E-state index is 13.3. The topological polar surface area (TPSA) is 67.1 Å². The standard InChI is InChI=1S/C21H33FN6S.HI/c1-5-23-20(25-13-11-17-8-6-9-18(22)14-17)24-12-7-10-19-26-27-21(29-4)28(19)15-16(2)3;/h6,8-9,14,16H,5,7,10-13,15H2,1-4H3,(H2,23,24,25);1H. The zero-order chi connectivity index (χ0) is 21.1. The number of nitrogens with one attached hydrogen (secondary N) is 2. The Labute approximate surface area is 200 Å². The molecule has 0 unspecified atom stereocenters. The molecule has 0 saturated heterocycles. The van der Waals surface area contributed by atoms with Crippen LogP contribution in [0.25, 0.3) is 0 Å². The number of thioether (sulfide) groups is 1. The second-order valence-electron chi connectivity index (χ2n) is 7.28. The van der Waals surface area contributed by atoms with Gasteiger partial charge in [-0.05, 0) is 49.6 Å². The summed E-state index contributed by atoms with van der Waals surface area (Å²) in [6.07, 6.45) is 4.54. The number of halogens is 2. The van der Waals surface area contributed by atoms with Crippen LogP contribution in [0.5, 0.6) is 0 Å². The van der Waals surface area contributed by atoms with Gasteiger partial charge in [0.1, 0.15) is 11.6 Å². The van der Waals surface area contributed by atoms with E-state index in [4.69, 9.17) is 0 Å². The number of nitrogens with zero attached hydrogens (tertiary/aromatic N) is 4. The Balaban J connectivity index is 0.00000450. The molecule has 1 aromatic carbocycles. The highest BCUT2D eigenvalue weighted by Crippen LogP contribution is 2.16. The van der Waals surface area contributed by atoms with Crippen molar-refractivity contribution >= 4 is 41.7 Å². The van der Waals surface area contributed by atoms with Gasteiger partial charge in [-0.3, -0.25) is 4.99 Å². The average Bonchev–Trinajstić information content (AvgIpc) is 3.06. The minimum atomic E-state index is -0.196. The molecule has 0 aliphatic heterocycles. The van der Waals surface area contributed by atoms with Crippen molar-refractivity contribution in [3.8, 4) is 0 Å². The third-order valence-electron chi connectivity index (χ3n) is 4.29. The molecule has 0 spiro atoms. The van der Waals surface area contributed by atoms with E-state index in [2.05, 4.69) is 44.2 Å². The number of aliphatic imine (C=N–C) groups is 1. The molecule has 0 fully saturated rings. The smallest absolute Gasteiger partial charge is 0.191 e. The third kappa shape index (κ3) is 9.20. The van der Waals surface area contributed by atoms with E-state index < -0.39 is 0 Å². The molecule has 0 saturated carbocycles. The first kappa shape index (κ1) is 26.7. The monoisotopic (exact) mass is 548 g/mol. The van der Waals surface area contributed by atoms with E-state index >= 15 is 0 Å². The Morgan fingerprint density at radius 3 is 2.70 bits per heavy atom. The van der Waals surface area contributed by atoms with E-state index in [1.807, 2.05) is 19.2 Å². The van der Waals surface area contributed by atoms with Crippen molar-refractivity contribution < 1.29 is 4.39 Å². The molecular weight excluding hydrogens is 514 g/mol. The van der Waals surface area contributed by atoms with Gasteiger partial charge in [-0.25, -0.2) is 4.39 Å². The van der Waals surface area contributed by atoms with Gasteiger partial charge in [-0.15, -0.1) is 34.2 Å². The van der Waals surface area contributed by atoms with Crippen LogP contribution in [0.1, 0.15) is 38.6 Å². The summed E-state index contributed by atoms with van der Waals surface area (Å²) in [5, 5.41) is 16.2. The molecule has 0 radical (unpaired) electrons. The van der Waals surface area contributed by atoms with Gasteiger partial charge in [-0.1, -0.05) is 37.7 Å². The van der Waals surface area contributed by atoms with Crippen LogP contribution in [0.2, 0.25) is 0 Å². The van der Waals surface area contributed by atoms with Crippen LogP contribution in [0.15, 0.2) is 34.4 Å². The normalized spacial score (nSPS) is 11.5. The van der Waals surface area contributed by atoms with Gasteiger partial charge in [0.2, 0.25) is 0 Å². The quantitative estimate of drug-likeness (QED) is 0.145. The Morgan fingerprint density at radius 1 is 1.23 bits per heavy atom. The van der Waals surface area contributed by atoms with Crippen LogP contribution in [0.4, 0.5) is 4.39 Å². The minimum Gasteiger partial charge on any atom is -0.357 e. The summed E-state index contributed by atoms with van der Waals surface area (Å²) >= 11 is 1.64. The van der Waals surface area contributed by atoms with Gasteiger partial charge >= 0.3 is 0 Å². The summed E-state index contributed by atoms with van der Waals surface area (Å²) in [4.78, 5) is 4.65. The molecule has 0 bridgehead atoms. The van der Waals surface area contributed by atoms with Crippen molar-refractivity contribution in [2.45, 2.75) is 51.7 Å². The molecule has 2 N–H and O–H groups in total. The van der Waals surface area contributed by atoms with Crippen LogP contribution in [-0.4, -0.2) is 46.6 Å². The number of aromatic nitrogens is 3. The lowest BCUT2D eigenvalue weighted by atomic mass is 10.1. The summed E-state index contributed by atoms with van der Waals surface area (Å²) in [5.41, 5.74) is 0.974. The summed E-state index contributed by atoms with van der Waals surface area (Å²) in [6, 6.07) is 6.71. The second-order valence-corrected chi connectivity index (χ2v) is 8.05. The van der Waals surface area contributed by atoms with E-state index in [9.17, 15) is 4.39 Å². The lowest BCUT2D eigenvalue weighted by Gasteiger charge is -2.12. The van der Waals surface area contributed by atoms with Gasteiger partial charge in [0.05, 0.1) is 0 Å². The molecular formula is C21H34FIN6S. The molecule has 168 valence electrons. The molecule has 9 heteroatoms. The van der Waals surface area contributed by atoms with Crippen LogP contribution in [0.3, 0.4) is 0 Å². The third-order valence-corrected chi connectivity index (χ3v) is 4.96. The second kappa shape index (κ2) is 14.6. The van der Waals surface area contributed by atoms with Crippen molar-refractivity contribution in [2.75, 3.05) is 25.9 Å². The van der Waals surface area contributed by atoms with Gasteiger partial charge in [0.25, 0.3) is 0 Å². The maximum absolute atomic E-state index is 13.3. The Hall–Kier alpha value is -1.36. The van der Waals surface area contributed by atoms with E-state index in [-0.39, 0.29) is 29.8 Å². The number of hydrogen-bond acceptors (Lipinski definition) is 4. The number of rotatable bonds is 11. The first-order chi connectivity index (χ1) is 14.0. The number of guanidine groups is 1. The first-order valence-corrected chi connectivity index (χ1v) is 11.5. The lowest BCUT2D eigenvalue weighted by molar-refractivity contribution is 0.477. The predicted molar refractivity (Wildman–Crippen MR) is 134 cm³/mol. The molecule has 0 aliphatic carbocycles. The van der Waals surface area contributed by atoms with Crippen LogP contribution in [-0.2, 0) is 19.4 Å². The fraction of sp³-hybridized carbons (Fsp3) is 0.571. The van der Waals surface area contributed by atoms with E-state index in [1.54, 1.807) is 23.9 Å². The van der Waals surface area contributed by atoms with Gasteiger partial charge in [0, 0.05) is 32.6 Å². The van der Waals surface area contributed by atoms with Gasteiger partial charge < -0.3 is 15.2 Å². The first-order valence-electron chi connectivity index (χ1n) is 10.3. The summed E-state index contributed by atoms with van der Waals surface area (Å²) < 4.78 is 15.5. The molecule has 0 atom stereocenters. The zero-order valence-electron chi connectivity index (χ0n) is 18.3.